The predicted molar refractivity (Wildman–Crippen MR) is 75.4 cm³/mol. The summed E-state index contributed by atoms with van der Waals surface area (Å²) in [6.45, 7) is 0.227. The van der Waals surface area contributed by atoms with Crippen molar-refractivity contribution in [2.75, 3.05) is 11.9 Å². The molecule has 0 unspecified atom stereocenters. The molecule has 2 rings (SSSR count). The van der Waals surface area contributed by atoms with E-state index in [4.69, 9.17) is 0 Å². The Hall–Kier alpha value is -2.47. The molecule has 1 N–H and O–H groups in total. The molecule has 0 bridgehead atoms. The summed E-state index contributed by atoms with van der Waals surface area (Å²) < 4.78 is 0. The Morgan fingerprint density at radius 3 is 2.75 bits per heavy atom. The third-order valence-corrected chi connectivity index (χ3v) is 3.00. The molecule has 0 atom stereocenters. The van der Waals surface area contributed by atoms with E-state index in [2.05, 4.69) is 4.98 Å². The lowest BCUT2D eigenvalue weighted by Crippen LogP contribution is -2.17. The molecule has 104 valence electrons. The molecule has 0 saturated heterocycles. The molecule has 0 spiro atoms. The summed E-state index contributed by atoms with van der Waals surface area (Å²) in [4.78, 5) is 16.5. The van der Waals surface area contributed by atoms with Crippen molar-refractivity contribution in [3.8, 4) is 0 Å². The summed E-state index contributed by atoms with van der Waals surface area (Å²) in [6, 6.07) is 10.4. The van der Waals surface area contributed by atoms with Crippen LogP contribution < -0.4 is 4.90 Å². The maximum absolute atomic E-state index is 10.8. The highest BCUT2D eigenvalue weighted by Gasteiger charge is 2.14. The number of nitrogens with zero attached hydrogens (tertiary/aromatic N) is 3. The van der Waals surface area contributed by atoms with Crippen LogP contribution >= 0.6 is 0 Å². The summed E-state index contributed by atoms with van der Waals surface area (Å²) in [6.07, 6.45) is 1.72. The SMILES string of the molecule is CN(Cc1ccccn1)c1ccc([N+](=O)[O-])c(CO)c1. The third kappa shape index (κ3) is 3.10. The van der Waals surface area contributed by atoms with E-state index >= 15 is 0 Å². The summed E-state index contributed by atoms with van der Waals surface area (Å²) in [7, 11) is 1.87. The average Bonchev–Trinajstić information content (AvgIpc) is 2.47. The topological polar surface area (TPSA) is 79.5 Å². The first-order valence-electron chi connectivity index (χ1n) is 6.11. The van der Waals surface area contributed by atoms with E-state index in [-0.39, 0.29) is 12.3 Å². The zero-order valence-corrected chi connectivity index (χ0v) is 11.1. The zero-order valence-electron chi connectivity index (χ0n) is 11.1. The van der Waals surface area contributed by atoms with E-state index in [0.29, 0.717) is 12.1 Å². The smallest absolute Gasteiger partial charge is 0.275 e. The fourth-order valence-electron chi connectivity index (χ4n) is 1.94. The molecule has 6 heteroatoms. The number of aliphatic hydroxyl groups is 1. The molecule has 0 radical (unpaired) electrons. The van der Waals surface area contributed by atoms with Crippen molar-refractivity contribution in [3.63, 3.8) is 0 Å². The number of anilines is 1. The monoisotopic (exact) mass is 273 g/mol. The van der Waals surface area contributed by atoms with Crippen molar-refractivity contribution >= 4 is 11.4 Å². The minimum absolute atomic E-state index is 0.0671. The molecule has 1 aromatic carbocycles. The van der Waals surface area contributed by atoms with E-state index < -0.39 is 4.92 Å². The first-order valence-corrected chi connectivity index (χ1v) is 6.11. The van der Waals surface area contributed by atoms with Crippen LogP contribution in [0.3, 0.4) is 0 Å². The molecule has 0 amide bonds. The second-order valence-electron chi connectivity index (χ2n) is 4.41. The number of aliphatic hydroxyl groups excluding tert-OH is 1. The minimum atomic E-state index is -0.492. The molecule has 0 aliphatic heterocycles. The van der Waals surface area contributed by atoms with Gasteiger partial charge in [-0.3, -0.25) is 15.1 Å². The third-order valence-electron chi connectivity index (χ3n) is 3.00. The average molecular weight is 273 g/mol. The Labute approximate surface area is 116 Å². The normalized spacial score (nSPS) is 10.3. The Morgan fingerprint density at radius 2 is 2.15 bits per heavy atom. The Balaban J connectivity index is 2.22. The molecule has 0 aliphatic carbocycles. The summed E-state index contributed by atoms with van der Waals surface area (Å²) in [5.41, 5.74) is 1.94. The van der Waals surface area contributed by atoms with Crippen molar-refractivity contribution in [2.45, 2.75) is 13.2 Å². The van der Waals surface area contributed by atoms with Crippen LogP contribution in [0.15, 0.2) is 42.6 Å². The number of nitro groups is 1. The van der Waals surface area contributed by atoms with Crippen LogP contribution in [0.4, 0.5) is 11.4 Å². The van der Waals surface area contributed by atoms with E-state index in [1.165, 1.54) is 6.07 Å². The van der Waals surface area contributed by atoms with Crippen LogP contribution in [-0.4, -0.2) is 22.1 Å². The van der Waals surface area contributed by atoms with E-state index in [9.17, 15) is 15.2 Å². The standard InChI is InChI=1S/C14H15N3O3/c1-16(9-12-4-2-3-7-15-12)13-5-6-14(17(19)20)11(8-13)10-18/h2-8,18H,9-10H2,1H3. The fourth-order valence-corrected chi connectivity index (χ4v) is 1.94. The maximum atomic E-state index is 10.8. The quantitative estimate of drug-likeness (QED) is 0.666. The van der Waals surface area contributed by atoms with Gasteiger partial charge in [-0.05, 0) is 24.3 Å². The molecule has 0 saturated carbocycles. The lowest BCUT2D eigenvalue weighted by Gasteiger charge is -2.19. The molecular weight excluding hydrogens is 258 g/mol. The van der Waals surface area contributed by atoms with Gasteiger partial charge in [0.25, 0.3) is 5.69 Å². The highest BCUT2D eigenvalue weighted by atomic mass is 16.6. The lowest BCUT2D eigenvalue weighted by molar-refractivity contribution is -0.385. The van der Waals surface area contributed by atoms with Gasteiger partial charge >= 0.3 is 0 Å². The van der Waals surface area contributed by atoms with E-state index in [1.807, 2.05) is 30.1 Å². The predicted octanol–water partition coefficient (Wildman–Crippen LogP) is 2.12. The molecule has 0 fully saturated rings. The summed E-state index contributed by atoms with van der Waals surface area (Å²) in [5.74, 6) is 0. The molecular formula is C14H15N3O3. The number of aromatic nitrogens is 1. The van der Waals surface area contributed by atoms with E-state index in [0.717, 1.165) is 11.4 Å². The summed E-state index contributed by atoms with van der Waals surface area (Å²) >= 11 is 0. The van der Waals surface area contributed by atoms with Crippen LogP contribution in [0.5, 0.6) is 0 Å². The molecule has 1 heterocycles. The van der Waals surface area contributed by atoms with Gasteiger partial charge in [0.15, 0.2) is 0 Å². The zero-order chi connectivity index (χ0) is 14.5. The second kappa shape index (κ2) is 6.12. The van der Waals surface area contributed by atoms with Gasteiger partial charge in [-0.25, -0.2) is 0 Å². The first kappa shape index (κ1) is 14.0. The number of benzene rings is 1. The van der Waals surface area contributed by atoms with Crippen LogP contribution in [0, 0.1) is 10.1 Å². The van der Waals surface area contributed by atoms with Gasteiger partial charge < -0.3 is 10.0 Å². The molecule has 0 aliphatic rings. The maximum Gasteiger partial charge on any atom is 0.275 e. The van der Waals surface area contributed by atoms with Gasteiger partial charge in [-0.1, -0.05) is 6.07 Å². The van der Waals surface area contributed by atoms with Gasteiger partial charge in [0.1, 0.15) is 0 Å². The van der Waals surface area contributed by atoms with Gasteiger partial charge in [0, 0.05) is 25.0 Å². The highest BCUT2D eigenvalue weighted by Crippen LogP contribution is 2.25. The molecule has 2 aromatic rings. The van der Waals surface area contributed by atoms with Crippen molar-refractivity contribution < 1.29 is 10.0 Å². The van der Waals surface area contributed by atoms with Crippen molar-refractivity contribution in [1.29, 1.82) is 0 Å². The minimum Gasteiger partial charge on any atom is -0.391 e. The van der Waals surface area contributed by atoms with Gasteiger partial charge in [0.2, 0.25) is 0 Å². The Morgan fingerprint density at radius 1 is 1.35 bits per heavy atom. The van der Waals surface area contributed by atoms with Crippen LogP contribution in [0.25, 0.3) is 0 Å². The van der Waals surface area contributed by atoms with Gasteiger partial charge in [0.05, 0.1) is 29.3 Å². The highest BCUT2D eigenvalue weighted by molar-refractivity contribution is 5.55. The number of hydrogen-bond donors (Lipinski definition) is 1. The largest absolute Gasteiger partial charge is 0.391 e. The summed E-state index contributed by atoms with van der Waals surface area (Å²) in [5, 5.41) is 20.1. The number of rotatable bonds is 5. The number of pyridine rings is 1. The lowest BCUT2D eigenvalue weighted by atomic mass is 10.1. The molecule has 1 aromatic heterocycles. The first-order chi connectivity index (χ1) is 9.61. The number of nitro benzene ring substituents is 1. The fraction of sp³-hybridized carbons (Fsp3) is 0.214. The van der Waals surface area contributed by atoms with Crippen molar-refractivity contribution in [2.24, 2.45) is 0 Å². The Kier molecular flexibility index (Phi) is 4.27. The van der Waals surface area contributed by atoms with Gasteiger partial charge in [-0.2, -0.15) is 0 Å². The van der Waals surface area contributed by atoms with Crippen LogP contribution in [0.1, 0.15) is 11.3 Å². The Bertz CT molecular complexity index is 602. The van der Waals surface area contributed by atoms with Crippen molar-refractivity contribution in [1.82, 2.24) is 4.98 Å². The second-order valence-corrected chi connectivity index (χ2v) is 4.41. The van der Waals surface area contributed by atoms with Crippen LogP contribution in [-0.2, 0) is 13.2 Å². The van der Waals surface area contributed by atoms with Crippen molar-refractivity contribution in [3.05, 3.63) is 64.0 Å². The van der Waals surface area contributed by atoms with E-state index in [1.54, 1.807) is 18.3 Å². The van der Waals surface area contributed by atoms with Crippen LogP contribution in [0.2, 0.25) is 0 Å². The molecule has 6 nitrogen and oxygen atoms in total. The van der Waals surface area contributed by atoms with Gasteiger partial charge in [-0.15, -0.1) is 0 Å². The number of hydrogen-bond acceptors (Lipinski definition) is 5. The molecule has 20 heavy (non-hydrogen) atoms.